The standard InChI is InChI=1S/C26H36N6O/c1-20(22-10-8-12-24(18-22)31-13-3-4-14-31)29-25(27-2)28-19-21-9-7-11-23(17-21)30-26(33)32-15-5-6-16-32/h7-12,17-18,20H,3-6,13-16,19H2,1-2H3,(H,30,33)(H2,27,28,29). The van der Waals surface area contributed by atoms with Crippen molar-refractivity contribution in [1.82, 2.24) is 15.5 Å². The Kier molecular flexibility index (Phi) is 7.70. The summed E-state index contributed by atoms with van der Waals surface area (Å²) in [4.78, 5) is 21.1. The molecule has 2 fully saturated rings. The van der Waals surface area contributed by atoms with Gasteiger partial charge in [-0.05, 0) is 68.0 Å². The van der Waals surface area contributed by atoms with Gasteiger partial charge in [-0.1, -0.05) is 24.3 Å². The summed E-state index contributed by atoms with van der Waals surface area (Å²) in [6.45, 7) is 6.75. The maximum absolute atomic E-state index is 12.4. The Balaban J connectivity index is 1.31. The molecule has 0 spiro atoms. The maximum atomic E-state index is 12.4. The van der Waals surface area contributed by atoms with Crippen LogP contribution in [0.25, 0.3) is 0 Å². The van der Waals surface area contributed by atoms with E-state index >= 15 is 0 Å². The minimum absolute atomic E-state index is 0.0138. The zero-order chi connectivity index (χ0) is 23.0. The van der Waals surface area contributed by atoms with E-state index in [9.17, 15) is 4.79 Å². The molecule has 33 heavy (non-hydrogen) atoms. The third-order valence-corrected chi connectivity index (χ3v) is 6.45. The number of aliphatic imine (C=N–C) groups is 1. The largest absolute Gasteiger partial charge is 0.372 e. The van der Waals surface area contributed by atoms with Gasteiger partial charge in [0, 0.05) is 51.1 Å². The molecule has 0 aliphatic carbocycles. The van der Waals surface area contributed by atoms with E-state index in [0.717, 1.165) is 56.2 Å². The predicted molar refractivity (Wildman–Crippen MR) is 136 cm³/mol. The van der Waals surface area contributed by atoms with E-state index in [4.69, 9.17) is 0 Å². The van der Waals surface area contributed by atoms with Gasteiger partial charge in [-0.3, -0.25) is 4.99 Å². The van der Waals surface area contributed by atoms with Crippen LogP contribution in [0.3, 0.4) is 0 Å². The molecule has 7 heteroatoms. The number of nitrogens with one attached hydrogen (secondary N) is 3. The summed E-state index contributed by atoms with van der Waals surface area (Å²) in [7, 11) is 1.79. The minimum Gasteiger partial charge on any atom is -0.372 e. The van der Waals surface area contributed by atoms with Crippen molar-refractivity contribution >= 4 is 23.4 Å². The van der Waals surface area contributed by atoms with Gasteiger partial charge >= 0.3 is 6.03 Å². The Bertz CT molecular complexity index is 963. The number of likely N-dealkylation sites (tertiary alicyclic amines) is 1. The first-order valence-electron chi connectivity index (χ1n) is 12.1. The summed E-state index contributed by atoms with van der Waals surface area (Å²) >= 11 is 0. The van der Waals surface area contributed by atoms with Crippen LogP contribution in [-0.2, 0) is 6.54 Å². The molecule has 1 unspecified atom stereocenters. The van der Waals surface area contributed by atoms with Gasteiger partial charge in [-0.2, -0.15) is 0 Å². The lowest BCUT2D eigenvalue weighted by Crippen LogP contribution is -2.38. The first-order chi connectivity index (χ1) is 16.1. The number of carbonyl (C=O) groups excluding carboxylic acids is 1. The van der Waals surface area contributed by atoms with Crippen molar-refractivity contribution in [3.05, 3.63) is 59.7 Å². The van der Waals surface area contributed by atoms with Crippen LogP contribution in [0, 0.1) is 0 Å². The zero-order valence-electron chi connectivity index (χ0n) is 19.8. The minimum atomic E-state index is -0.0138. The highest BCUT2D eigenvalue weighted by Gasteiger charge is 2.18. The normalized spacial score (nSPS) is 17.2. The third kappa shape index (κ3) is 6.18. The highest BCUT2D eigenvalue weighted by Crippen LogP contribution is 2.24. The van der Waals surface area contributed by atoms with Crippen molar-refractivity contribution < 1.29 is 4.79 Å². The van der Waals surface area contributed by atoms with Gasteiger partial charge in [-0.15, -0.1) is 0 Å². The second kappa shape index (κ2) is 11.1. The molecule has 2 aromatic rings. The van der Waals surface area contributed by atoms with E-state index in [1.807, 2.05) is 23.1 Å². The van der Waals surface area contributed by atoms with Crippen molar-refractivity contribution in [3.63, 3.8) is 0 Å². The van der Waals surface area contributed by atoms with Crippen LogP contribution in [0.2, 0.25) is 0 Å². The molecule has 2 aliphatic rings. The summed E-state index contributed by atoms with van der Waals surface area (Å²) in [5.41, 5.74) is 4.45. The summed E-state index contributed by atoms with van der Waals surface area (Å²) in [5.74, 6) is 0.751. The zero-order valence-corrected chi connectivity index (χ0v) is 19.8. The molecule has 2 aromatic carbocycles. The average molecular weight is 449 g/mol. The number of guanidine groups is 1. The monoisotopic (exact) mass is 448 g/mol. The lowest BCUT2D eigenvalue weighted by atomic mass is 10.1. The average Bonchev–Trinajstić information content (AvgIpc) is 3.57. The molecule has 2 aliphatic heterocycles. The highest BCUT2D eigenvalue weighted by atomic mass is 16.2. The number of benzene rings is 2. The molecule has 0 radical (unpaired) electrons. The van der Waals surface area contributed by atoms with Crippen molar-refractivity contribution in [2.75, 3.05) is 43.4 Å². The Hall–Kier alpha value is -3.22. The van der Waals surface area contributed by atoms with Gasteiger partial charge in [-0.25, -0.2) is 4.79 Å². The van der Waals surface area contributed by atoms with E-state index in [2.05, 4.69) is 63.1 Å². The van der Waals surface area contributed by atoms with E-state index in [1.165, 1.54) is 24.1 Å². The smallest absolute Gasteiger partial charge is 0.321 e. The number of nitrogens with zero attached hydrogens (tertiary/aromatic N) is 3. The van der Waals surface area contributed by atoms with Gasteiger partial charge in [0.05, 0.1) is 6.04 Å². The second-order valence-corrected chi connectivity index (χ2v) is 8.91. The van der Waals surface area contributed by atoms with Crippen molar-refractivity contribution in [2.24, 2.45) is 4.99 Å². The number of hydrogen-bond acceptors (Lipinski definition) is 3. The lowest BCUT2D eigenvalue weighted by molar-refractivity contribution is 0.222. The van der Waals surface area contributed by atoms with Gasteiger partial charge in [0.25, 0.3) is 0 Å². The van der Waals surface area contributed by atoms with Gasteiger partial charge < -0.3 is 25.8 Å². The van der Waals surface area contributed by atoms with E-state index in [1.54, 1.807) is 7.05 Å². The van der Waals surface area contributed by atoms with Crippen LogP contribution >= 0.6 is 0 Å². The maximum Gasteiger partial charge on any atom is 0.321 e. The molecule has 0 bridgehead atoms. The molecule has 0 aromatic heterocycles. The molecule has 2 amide bonds. The Morgan fingerprint density at radius 2 is 1.73 bits per heavy atom. The molecular weight excluding hydrogens is 412 g/mol. The Morgan fingerprint density at radius 3 is 2.48 bits per heavy atom. The van der Waals surface area contributed by atoms with Gasteiger partial charge in [0.2, 0.25) is 0 Å². The second-order valence-electron chi connectivity index (χ2n) is 8.91. The quantitative estimate of drug-likeness (QED) is 0.454. The molecule has 4 rings (SSSR count). The van der Waals surface area contributed by atoms with Crippen LogP contribution in [0.15, 0.2) is 53.5 Å². The molecule has 2 heterocycles. The number of anilines is 2. The molecule has 7 nitrogen and oxygen atoms in total. The lowest BCUT2D eigenvalue weighted by Gasteiger charge is -2.22. The first kappa shape index (κ1) is 23.0. The fourth-order valence-corrected chi connectivity index (χ4v) is 4.52. The number of carbonyl (C=O) groups is 1. The summed E-state index contributed by atoms with van der Waals surface area (Å²) in [5, 5.41) is 9.91. The van der Waals surface area contributed by atoms with Crippen molar-refractivity contribution in [3.8, 4) is 0 Å². The molecule has 1 atom stereocenters. The van der Waals surface area contributed by atoms with E-state index in [0.29, 0.717) is 6.54 Å². The van der Waals surface area contributed by atoms with Crippen LogP contribution in [0.4, 0.5) is 16.2 Å². The highest BCUT2D eigenvalue weighted by molar-refractivity contribution is 5.89. The molecule has 3 N–H and O–H groups in total. The SMILES string of the molecule is CN=C(NCc1cccc(NC(=O)N2CCCC2)c1)NC(C)c1cccc(N2CCCC2)c1. The van der Waals surface area contributed by atoms with Crippen LogP contribution in [-0.4, -0.2) is 50.1 Å². The molecule has 2 saturated heterocycles. The Labute approximate surface area is 197 Å². The predicted octanol–water partition coefficient (Wildman–Crippen LogP) is 4.34. The van der Waals surface area contributed by atoms with Crippen LogP contribution in [0.5, 0.6) is 0 Å². The van der Waals surface area contributed by atoms with Crippen LogP contribution < -0.4 is 20.9 Å². The fourth-order valence-electron chi connectivity index (χ4n) is 4.52. The van der Waals surface area contributed by atoms with E-state index < -0.39 is 0 Å². The van der Waals surface area contributed by atoms with Gasteiger partial charge in [0.15, 0.2) is 5.96 Å². The third-order valence-electron chi connectivity index (χ3n) is 6.45. The summed E-state index contributed by atoms with van der Waals surface area (Å²) in [6, 6.07) is 16.9. The van der Waals surface area contributed by atoms with Gasteiger partial charge in [0.1, 0.15) is 0 Å². The number of rotatable bonds is 6. The summed E-state index contributed by atoms with van der Waals surface area (Å²) < 4.78 is 0. The first-order valence-corrected chi connectivity index (χ1v) is 12.1. The van der Waals surface area contributed by atoms with Crippen molar-refractivity contribution in [1.29, 1.82) is 0 Å². The molecule has 0 saturated carbocycles. The molecular formula is C26H36N6O. The topological polar surface area (TPSA) is 72.0 Å². The molecule has 176 valence electrons. The number of hydrogen-bond donors (Lipinski definition) is 3. The Morgan fingerprint density at radius 1 is 1.00 bits per heavy atom. The van der Waals surface area contributed by atoms with E-state index in [-0.39, 0.29) is 12.1 Å². The van der Waals surface area contributed by atoms with Crippen LogP contribution in [0.1, 0.15) is 49.8 Å². The van der Waals surface area contributed by atoms with Crippen molar-refractivity contribution in [2.45, 2.75) is 45.2 Å². The number of amides is 2. The number of urea groups is 1. The summed E-state index contributed by atoms with van der Waals surface area (Å²) in [6.07, 6.45) is 4.73. The fraction of sp³-hybridized carbons (Fsp3) is 0.462.